The van der Waals surface area contributed by atoms with Crippen LogP contribution in [0.3, 0.4) is 0 Å². The summed E-state index contributed by atoms with van der Waals surface area (Å²) in [6.45, 7) is 4.14. The first-order valence-corrected chi connectivity index (χ1v) is 7.04. The number of amides is 1. The van der Waals surface area contributed by atoms with Gasteiger partial charge in [0.25, 0.3) is 5.91 Å². The van der Waals surface area contributed by atoms with E-state index in [0.29, 0.717) is 11.4 Å². The second-order valence-corrected chi connectivity index (χ2v) is 4.69. The van der Waals surface area contributed by atoms with Crippen LogP contribution in [0.25, 0.3) is 0 Å². The minimum atomic E-state index is -0.234. The fourth-order valence-electron chi connectivity index (χ4n) is 2.23. The summed E-state index contributed by atoms with van der Waals surface area (Å²) in [5.41, 5.74) is 6.62. The predicted molar refractivity (Wildman–Crippen MR) is 85.2 cm³/mol. The molecule has 0 spiro atoms. The number of nitrogens with one attached hydrogen (secondary N) is 2. The largest absolute Gasteiger partial charge is 0.324 e. The summed E-state index contributed by atoms with van der Waals surface area (Å²) >= 11 is 0. The van der Waals surface area contributed by atoms with Crippen molar-refractivity contribution in [2.45, 2.75) is 26.7 Å². The summed E-state index contributed by atoms with van der Waals surface area (Å²) in [4.78, 5) is 16.5. The first kappa shape index (κ1) is 15.0. The van der Waals surface area contributed by atoms with Crippen molar-refractivity contribution in [2.24, 2.45) is 5.84 Å². The quantitative estimate of drug-likeness (QED) is 0.582. The maximum atomic E-state index is 12.4. The molecule has 0 atom stereocenters. The van der Waals surface area contributed by atoms with E-state index in [9.17, 15) is 4.79 Å². The van der Waals surface area contributed by atoms with Crippen molar-refractivity contribution in [3.05, 3.63) is 53.3 Å². The van der Waals surface area contributed by atoms with E-state index in [0.717, 1.165) is 29.7 Å². The average Bonchev–Trinajstić information content (AvgIpc) is 2.54. The molecular weight excluding hydrogens is 264 g/mol. The Balaban J connectivity index is 2.30. The number of anilines is 2. The van der Waals surface area contributed by atoms with Gasteiger partial charge in [-0.1, -0.05) is 32.0 Å². The van der Waals surface area contributed by atoms with Crippen LogP contribution in [-0.4, -0.2) is 10.9 Å². The lowest BCUT2D eigenvalue weighted by Gasteiger charge is -2.14. The van der Waals surface area contributed by atoms with Gasteiger partial charge in [-0.2, -0.15) is 0 Å². The van der Waals surface area contributed by atoms with Crippen molar-refractivity contribution in [1.82, 2.24) is 4.98 Å². The Hall–Kier alpha value is -2.40. The number of hydrogen-bond donors (Lipinski definition) is 3. The minimum Gasteiger partial charge on any atom is -0.324 e. The highest BCUT2D eigenvalue weighted by Gasteiger charge is 2.13. The summed E-state index contributed by atoms with van der Waals surface area (Å²) in [5, 5.41) is 2.98. The third-order valence-corrected chi connectivity index (χ3v) is 3.40. The van der Waals surface area contributed by atoms with Crippen LogP contribution in [0.15, 0.2) is 36.5 Å². The lowest BCUT2D eigenvalue weighted by molar-refractivity contribution is 0.102. The number of benzene rings is 1. The average molecular weight is 284 g/mol. The van der Waals surface area contributed by atoms with Gasteiger partial charge < -0.3 is 10.7 Å². The molecule has 1 aromatic heterocycles. The number of nitrogen functional groups attached to an aromatic ring is 1. The standard InChI is InChI=1S/C16H20N4O/c1-3-11-6-5-7-12(4-2)15(11)19-16(21)14-10-13(20-17)8-9-18-14/h5-10H,3-4,17H2,1-2H3,(H,18,20)(H,19,21). The maximum absolute atomic E-state index is 12.4. The highest BCUT2D eigenvalue weighted by atomic mass is 16.1. The number of carbonyl (C=O) groups is 1. The molecule has 0 bridgehead atoms. The molecule has 0 aliphatic rings. The van der Waals surface area contributed by atoms with Crippen molar-refractivity contribution in [3.63, 3.8) is 0 Å². The number of carbonyl (C=O) groups excluding carboxylic acids is 1. The molecule has 1 aromatic carbocycles. The van der Waals surface area contributed by atoms with Crippen molar-refractivity contribution < 1.29 is 4.79 Å². The maximum Gasteiger partial charge on any atom is 0.274 e. The van der Waals surface area contributed by atoms with Gasteiger partial charge in [0.15, 0.2) is 0 Å². The van der Waals surface area contributed by atoms with Crippen LogP contribution in [0.5, 0.6) is 0 Å². The fourth-order valence-corrected chi connectivity index (χ4v) is 2.23. The van der Waals surface area contributed by atoms with Gasteiger partial charge in [-0.15, -0.1) is 0 Å². The van der Waals surface area contributed by atoms with Crippen LogP contribution in [0.2, 0.25) is 0 Å². The van der Waals surface area contributed by atoms with Crippen LogP contribution in [0, 0.1) is 0 Å². The minimum absolute atomic E-state index is 0.234. The van der Waals surface area contributed by atoms with E-state index in [4.69, 9.17) is 5.84 Å². The molecule has 4 N–H and O–H groups in total. The van der Waals surface area contributed by atoms with Crippen molar-refractivity contribution in [2.75, 3.05) is 10.7 Å². The Bertz CT molecular complexity index is 618. The Labute approximate surface area is 124 Å². The summed E-state index contributed by atoms with van der Waals surface area (Å²) in [7, 11) is 0. The van der Waals surface area contributed by atoms with Crippen LogP contribution in [0.4, 0.5) is 11.4 Å². The molecule has 110 valence electrons. The number of hydrazine groups is 1. The molecule has 1 amide bonds. The Morgan fingerprint density at radius 2 is 1.86 bits per heavy atom. The number of para-hydroxylation sites is 1. The molecule has 5 nitrogen and oxygen atoms in total. The number of nitrogens with two attached hydrogens (primary N) is 1. The first-order valence-electron chi connectivity index (χ1n) is 7.04. The number of rotatable bonds is 5. The van der Waals surface area contributed by atoms with E-state index >= 15 is 0 Å². The van der Waals surface area contributed by atoms with Gasteiger partial charge in [0.05, 0.1) is 5.69 Å². The van der Waals surface area contributed by atoms with Gasteiger partial charge in [0.1, 0.15) is 5.69 Å². The molecule has 0 aliphatic heterocycles. The van der Waals surface area contributed by atoms with Gasteiger partial charge in [-0.05, 0) is 36.1 Å². The van der Waals surface area contributed by atoms with Gasteiger partial charge in [0, 0.05) is 11.9 Å². The molecule has 21 heavy (non-hydrogen) atoms. The highest BCUT2D eigenvalue weighted by Crippen LogP contribution is 2.23. The molecule has 2 aromatic rings. The predicted octanol–water partition coefficient (Wildman–Crippen LogP) is 2.74. The third-order valence-electron chi connectivity index (χ3n) is 3.40. The molecule has 5 heteroatoms. The number of aryl methyl sites for hydroxylation is 2. The molecule has 0 saturated heterocycles. The summed E-state index contributed by atoms with van der Waals surface area (Å²) in [5.74, 6) is 5.12. The van der Waals surface area contributed by atoms with E-state index in [2.05, 4.69) is 29.6 Å². The number of hydrogen-bond acceptors (Lipinski definition) is 4. The Kier molecular flexibility index (Phi) is 4.90. The Morgan fingerprint density at radius 3 is 2.43 bits per heavy atom. The van der Waals surface area contributed by atoms with Crippen molar-refractivity contribution in [1.29, 1.82) is 0 Å². The molecule has 0 unspecified atom stereocenters. The molecule has 1 heterocycles. The molecule has 0 fully saturated rings. The zero-order chi connectivity index (χ0) is 15.2. The summed E-state index contributed by atoms with van der Waals surface area (Å²) in [6, 6.07) is 9.40. The van der Waals surface area contributed by atoms with E-state index in [1.165, 1.54) is 0 Å². The zero-order valence-corrected chi connectivity index (χ0v) is 12.3. The Morgan fingerprint density at radius 1 is 1.19 bits per heavy atom. The first-order chi connectivity index (χ1) is 10.2. The lowest BCUT2D eigenvalue weighted by Crippen LogP contribution is -2.17. The van der Waals surface area contributed by atoms with Crippen molar-refractivity contribution in [3.8, 4) is 0 Å². The number of pyridine rings is 1. The van der Waals surface area contributed by atoms with E-state index in [1.807, 2.05) is 18.2 Å². The van der Waals surface area contributed by atoms with E-state index in [-0.39, 0.29) is 5.91 Å². The normalized spacial score (nSPS) is 10.2. The highest BCUT2D eigenvalue weighted by molar-refractivity contribution is 6.04. The van der Waals surface area contributed by atoms with Gasteiger partial charge in [0.2, 0.25) is 0 Å². The number of nitrogens with zero attached hydrogens (tertiary/aromatic N) is 1. The second kappa shape index (κ2) is 6.85. The van der Waals surface area contributed by atoms with Gasteiger partial charge in [-0.25, -0.2) is 0 Å². The molecule has 2 rings (SSSR count). The molecule has 0 radical (unpaired) electrons. The van der Waals surface area contributed by atoms with Gasteiger partial charge >= 0.3 is 0 Å². The summed E-state index contributed by atoms with van der Waals surface area (Å²) < 4.78 is 0. The topological polar surface area (TPSA) is 80.0 Å². The summed E-state index contributed by atoms with van der Waals surface area (Å²) in [6.07, 6.45) is 3.28. The lowest BCUT2D eigenvalue weighted by atomic mass is 10.0. The SMILES string of the molecule is CCc1cccc(CC)c1NC(=O)c1cc(NN)ccn1. The van der Waals surface area contributed by atoms with E-state index in [1.54, 1.807) is 18.3 Å². The van der Waals surface area contributed by atoms with Crippen LogP contribution in [-0.2, 0) is 12.8 Å². The number of aromatic nitrogens is 1. The molecule has 0 aliphatic carbocycles. The van der Waals surface area contributed by atoms with Crippen LogP contribution in [0.1, 0.15) is 35.5 Å². The zero-order valence-electron chi connectivity index (χ0n) is 12.3. The van der Waals surface area contributed by atoms with Crippen molar-refractivity contribution >= 4 is 17.3 Å². The smallest absolute Gasteiger partial charge is 0.274 e. The van der Waals surface area contributed by atoms with Gasteiger partial charge in [-0.3, -0.25) is 15.6 Å². The fraction of sp³-hybridized carbons (Fsp3) is 0.250. The van der Waals surface area contributed by atoms with Crippen LogP contribution < -0.4 is 16.6 Å². The van der Waals surface area contributed by atoms with Crippen LogP contribution >= 0.6 is 0 Å². The third kappa shape index (κ3) is 3.38. The second-order valence-electron chi connectivity index (χ2n) is 4.69. The molecule has 0 saturated carbocycles. The molecular formula is C16H20N4O. The van der Waals surface area contributed by atoms with E-state index < -0.39 is 0 Å². The monoisotopic (exact) mass is 284 g/mol.